The van der Waals surface area contributed by atoms with Gasteiger partial charge in [-0.25, -0.2) is 0 Å². The van der Waals surface area contributed by atoms with Crippen LogP contribution in [0.25, 0.3) is 0 Å². The predicted molar refractivity (Wildman–Crippen MR) is 61.3 cm³/mol. The molecule has 0 fully saturated rings. The van der Waals surface area contributed by atoms with E-state index in [1.807, 2.05) is 24.3 Å². The minimum Gasteiger partial charge on any atom is -0.364 e. The number of benzene rings is 1. The molecule has 1 aromatic heterocycles. The Labute approximate surface area is 97.6 Å². The molecule has 1 amide bonds. The van der Waals surface area contributed by atoms with E-state index in [1.54, 1.807) is 16.9 Å². The van der Waals surface area contributed by atoms with Gasteiger partial charge in [-0.2, -0.15) is 5.10 Å². The first kappa shape index (κ1) is 10.7. The van der Waals surface area contributed by atoms with Crippen LogP contribution in [0.5, 0.6) is 0 Å². The Morgan fingerprint density at radius 2 is 2.00 bits per heavy atom. The van der Waals surface area contributed by atoms with Crippen molar-refractivity contribution in [3.8, 4) is 0 Å². The van der Waals surface area contributed by atoms with Gasteiger partial charge in [0.25, 0.3) is 5.91 Å². The first-order valence-electron chi connectivity index (χ1n) is 4.73. The second-order valence-electron chi connectivity index (χ2n) is 3.39. The van der Waals surface area contributed by atoms with Crippen LogP contribution in [0.1, 0.15) is 16.1 Å². The molecule has 1 aromatic carbocycles. The fourth-order valence-corrected chi connectivity index (χ4v) is 1.48. The molecular weight excluding hydrogens is 226 g/mol. The monoisotopic (exact) mass is 235 g/mol. The van der Waals surface area contributed by atoms with E-state index in [0.717, 1.165) is 5.56 Å². The van der Waals surface area contributed by atoms with E-state index in [4.69, 9.17) is 17.3 Å². The molecule has 5 heteroatoms. The number of halogens is 1. The van der Waals surface area contributed by atoms with Crippen molar-refractivity contribution in [1.82, 2.24) is 9.78 Å². The number of amides is 1. The summed E-state index contributed by atoms with van der Waals surface area (Å²) in [5.74, 6) is -0.519. The molecule has 0 saturated heterocycles. The van der Waals surface area contributed by atoms with Crippen molar-refractivity contribution in [2.24, 2.45) is 5.73 Å². The lowest BCUT2D eigenvalue weighted by Crippen LogP contribution is -2.12. The number of nitrogens with zero attached hydrogens (tertiary/aromatic N) is 2. The molecule has 0 aliphatic heterocycles. The lowest BCUT2D eigenvalue weighted by Gasteiger charge is -2.01. The van der Waals surface area contributed by atoms with Crippen molar-refractivity contribution >= 4 is 17.5 Å². The van der Waals surface area contributed by atoms with Gasteiger partial charge in [0.1, 0.15) is 5.69 Å². The Balaban J connectivity index is 2.14. The lowest BCUT2D eigenvalue weighted by atomic mass is 10.2. The van der Waals surface area contributed by atoms with E-state index >= 15 is 0 Å². The molecule has 82 valence electrons. The summed E-state index contributed by atoms with van der Waals surface area (Å²) < 4.78 is 1.66. The molecule has 0 unspecified atom stereocenters. The van der Waals surface area contributed by atoms with E-state index < -0.39 is 5.91 Å². The largest absolute Gasteiger partial charge is 0.364 e. The number of hydrogen-bond acceptors (Lipinski definition) is 2. The molecule has 1 heterocycles. The van der Waals surface area contributed by atoms with Crippen LogP contribution in [0.3, 0.4) is 0 Å². The summed E-state index contributed by atoms with van der Waals surface area (Å²) in [5.41, 5.74) is 6.44. The van der Waals surface area contributed by atoms with Gasteiger partial charge in [-0.05, 0) is 23.8 Å². The third-order valence-corrected chi connectivity index (χ3v) is 2.40. The third-order valence-electron chi connectivity index (χ3n) is 2.15. The standard InChI is InChI=1S/C11H10ClN3O/c12-9-3-1-8(2-4-9)7-15-6-5-10(14-15)11(13)16/h1-6H,7H2,(H2,13,16). The summed E-state index contributed by atoms with van der Waals surface area (Å²) in [4.78, 5) is 10.8. The normalized spacial score (nSPS) is 10.3. The molecule has 0 aliphatic rings. The van der Waals surface area contributed by atoms with Crippen LogP contribution >= 0.6 is 11.6 Å². The van der Waals surface area contributed by atoms with Crippen LogP contribution in [-0.2, 0) is 6.54 Å². The first-order chi connectivity index (χ1) is 7.65. The average molecular weight is 236 g/mol. The molecule has 0 radical (unpaired) electrons. The highest BCUT2D eigenvalue weighted by atomic mass is 35.5. The lowest BCUT2D eigenvalue weighted by molar-refractivity contribution is 0.0995. The average Bonchev–Trinajstić information content (AvgIpc) is 2.70. The van der Waals surface area contributed by atoms with Crippen LogP contribution in [-0.4, -0.2) is 15.7 Å². The number of hydrogen-bond donors (Lipinski definition) is 1. The molecule has 2 rings (SSSR count). The highest BCUT2D eigenvalue weighted by Crippen LogP contribution is 2.10. The van der Waals surface area contributed by atoms with Crippen molar-refractivity contribution in [2.75, 3.05) is 0 Å². The number of rotatable bonds is 3. The van der Waals surface area contributed by atoms with Gasteiger partial charge in [-0.3, -0.25) is 9.48 Å². The van der Waals surface area contributed by atoms with E-state index in [1.165, 1.54) is 0 Å². The van der Waals surface area contributed by atoms with Crippen molar-refractivity contribution in [3.63, 3.8) is 0 Å². The van der Waals surface area contributed by atoms with Gasteiger partial charge in [-0.15, -0.1) is 0 Å². The quantitative estimate of drug-likeness (QED) is 0.880. The molecule has 16 heavy (non-hydrogen) atoms. The van der Waals surface area contributed by atoms with Gasteiger partial charge < -0.3 is 5.73 Å². The minimum atomic E-state index is -0.519. The van der Waals surface area contributed by atoms with Crippen LogP contribution in [0, 0.1) is 0 Å². The molecular formula is C11H10ClN3O. The molecule has 0 aliphatic carbocycles. The van der Waals surface area contributed by atoms with Crippen molar-refractivity contribution in [1.29, 1.82) is 0 Å². The van der Waals surface area contributed by atoms with E-state index in [2.05, 4.69) is 5.10 Å². The van der Waals surface area contributed by atoms with Crippen molar-refractivity contribution in [3.05, 3.63) is 52.8 Å². The Morgan fingerprint density at radius 3 is 2.56 bits per heavy atom. The smallest absolute Gasteiger partial charge is 0.269 e. The highest BCUT2D eigenvalue weighted by Gasteiger charge is 2.04. The predicted octanol–water partition coefficient (Wildman–Crippen LogP) is 1.68. The Hall–Kier alpha value is -1.81. The van der Waals surface area contributed by atoms with Crippen LogP contribution in [0.2, 0.25) is 5.02 Å². The van der Waals surface area contributed by atoms with Crippen LogP contribution < -0.4 is 5.73 Å². The van der Waals surface area contributed by atoms with E-state index in [-0.39, 0.29) is 5.69 Å². The maximum atomic E-state index is 10.8. The second kappa shape index (κ2) is 4.37. The zero-order valence-electron chi connectivity index (χ0n) is 8.43. The Kier molecular flexibility index (Phi) is 2.92. The fourth-order valence-electron chi connectivity index (χ4n) is 1.36. The Morgan fingerprint density at radius 1 is 1.31 bits per heavy atom. The maximum Gasteiger partial charge on any atom is 0.269 e. The molecule has 0 spiro atoms. The highest BCUT2D eigenvalue weighted by molar-refractivity contribution is 6.30. The van der Waals surface area contributed by atoms with Gasteiger partial charge in [0.05, 0.1) is 6.54 Å². The Bertz CT molecular complexity index is 504. The molecule has 0 atom stereocenters. The van der Waals surface area contributed by atoms with Gasteiger partial charge in [0, 0.05) is 11.2 Å². The van der Waals surface area contributed by atoms with E-state index in [0.29, 0.717) is 11.6 Å². The molecule has 2 aromatic rings. The summed E-state index contributed by atoms with van der Waals surface area (Å²) in [6, 6.07) is 9.05. The number of aromatic nitrogens is 2. The van der Waals surface area contributed by atoms with Crippen LogP contribution in [0.15, 0.2) is 36.5 Å². The van der Waals surface area contributed by atoms with Crippen molar-refractivity contribution < 1.29 is 4.79 Å². The summed E-state index contributed by atoms with van der Waals surface area (Å²) in [6.07, 6.45) is 1.72. The van der Waals surface area contributed by atoms with Gasteiger partial charge >= 0.3 is 0 Å². The third kappa shape index (κ3) is 2.41. The van der Waals surface area contributed by atoms with Gasteiger partial charge in [0.15, 0.2) is 0 Å². The number of carbonyl (C=O) groups excluding carboxylic acids is 1. The van der Waals surface area contributed by atoms with Crippen molar-refractivity contribution in [2.45, 2.75) is 6.54 Å². The summed E-state index contributed by atoms with van der Waals surface area (Å²) in [5, 5.41) is 4.73. The van der Waals surface area contributed by atoms with Crippen LogP contribution in [0.4, 0.5) is 0 Å². The number of carbonyl (C=O) groups is 1. The second-order valence-corrected chi connectivity index (χ2v) is 3.83. The SMILES string of the molecule is NC(=O)c1ccn(Cc2ccc(Cl)cc2)n1. The summed E-state index contributed by atoms with van der Waals surface area (Å²) in [7, 11) is 0. The summed E-state index contributed by atoms with van der Waals surface area (Å²) in [6.45, 7) is 0.588. The zero-order chi connectivity index (χ0) is 11.5. The molecule has 2 N–H and O–H groups in total. The summed E-state index contributed by atoms with van der Waals surface area (Å²) >= 11 is 5.78. The molecule has 4 nitrogen and oxygen atoms in total. The minimum absolute atomic E-state index is 0.272. The molecule has 0 saturated carbocycles. The fraction of sp³-hybridized carbons (Fsp3) is 0.0909. The zero-order valence-corrected chi connectivity index (χ0v) is 9.19. The first-order valence-corrected chi connectivity index (χ1v) is 5.10. The number of nitrogens with two attached hydrogens (primary N) is 1. The van der Waals surface area contributed by atoms with E-state index in [9.17, 15) is 4.79 Å². The molecule has 0 bridgehead atoms. The van der Waals surface area contributed by atoms with Gasteiger partial charge in [0.2, 0.25) is 0 Å². The maximum absolute atomic E-state index is 10.8. The van der Waals surface area contributed by atoms with Gasteiger partial charge in [-0.1, -0.05) is 23.7 Å². The number of primary amides is 1. The topological polar surface area (TPSA) is 60.9 Å².